The average Bonchev–Trinajstić information content (AvgIpc) is 2.83. The van der Waals surface area contributed by atoms with Gasteiger partial charge in [0.1, 0.15) is 6.61 Å². The van der Waals surface area contributed by atoms with Gasteiger partial charge in [-0.3, -0.25) is 0 Å². The third-order valence-electron chi connectivity index (χ3n) is 3.14. The van der Waals surface area contributed by atoms with Crippen molar-refractivity contribution in [3.63, 3.8) is 0 Å². The Bertz CT molecular complexity index is 399. The Balaban J connectivity index is 1.91. The number of amides is 1. The fourth-order valence-corrected chi connectivity index (χ4v) is 3.56. The summed E-state index contributed by atoms with van der Waals surface area (Å²) in [5.74, 6) is 0. The van der Waals surface area contributed by atoms with Crippen LogP contribution in [-0.2, 0) is 17.6 Å². The maximum absolute atomic E-state index is 11.0. The molecule has 3 rings (SSSR count). The summed E-state index contributed by atoms with van der Waals surface area (Å²) in [7, 11) is 0. The molecule has 0 aromatic carbocycles. The molecule has 1 aromatic heterocycles. The van der Waals surface area contributed by atoms with Crippen LogP contribution in [0.4, 0.5) is 4.79 Å². The van der Waals surface area contributed by atoms with E-state index in [1.165, 1.54) is 41.7 Å². The van der Waals surface area contributed by atoms with E-state index in [4.69, 9.17) is 4.74 Å². The molecule has 1 aromatic rings. The molecular weight excluding hydrogens is 210 g/mol. The number of cyclic esters (lactones) is 1. The zero-order valence-corrected chi connectivity index (χ0v) is 9.23. The second-order valence-electron chi connectivity index (χ2n) is 4.10. The number of aryl methyl sites for hydroxylation is 1. The molecule has 3 nitrogen and oxygen atoms in total. The van der Waals surface area contributed by atoms with Gasteiger partial charge in [-0.2, -0.15) is 0 Å². The van der Waals surface area contributed by atoms with Crippen molar-refractivity contribution in [2.24, 2.45) is 0 Å². The quantitative estimate of drug-likeness (QED) is 0.794. The van der Waals surface area contributed by atoms with Crippen molar-refractivity contribution in [2.45, 2.75) is 31.7 Å². The molecule has 80 valence electrons. The lowest BCUT2D eigenvalue weighted by molar-refractivity contribution is 0.177. The number of carbonyl (C=O) groups is 1. The van der Waals surface area contributed by atoms with Crippen LogP contribution in [0.5, 0.6) is 0 Å². The molecule has 1 fully saturated rings. The van der Waals surface area contributed by atoms with Gasteiger partial charge in [0.2, 0.25) is 0 Å². The largest absolute Gasteiger partial charge is 0.447 e. The van der Waals surface area contributed by atoms with Gasteiger partial charge in [-0.15, -0.1) is 11.3 Å². The standard InChI is InChI=1S/C11H13NO2S/c13-11-12-9(5-14-11)8-6-15-10-4-2-1-3-7(8)10/h6,9H,1-5H2,(H,12,13). The van der Waals surface area contributed by atoms with Crippen LogP contribution < -0.4 is 5.32 Å². The normalized spacial score (nSPS) is 24.5. The zero-order valence-electron chi connectivity index (χ0n) is 8.41. The first-order chi connectivity index (χ1) is 7.34. The van der Waals surface area contributed by atoms with Gasteiger partial charge >= 0.3 is 6.09 Å². The van der Waals surface area contributed by atoms with E-state index in [9.17, 15) is 4.79 Å². The third-order valence-corrected chi connectivity index (χ3v) is 4.25. The SMILES string of the molecule is O=C1NC(c2csc3c2CCCC3)CO1. The number of thiophene rings is 1. The number of rotatable bonds is 1. The summed E-state index contributed by atoms with van der Waals surface area (Å²) in [6, 6.07) is 0.0931. The van der Waals surface area contributed by atoms with Gasteiger partial charge in [-0.05, 0) is 42.2 Å². The molecule has 0 radical (unpaired) electrons. The predicted molar refractivity (Wildman–Crippen MR) is 58.2 cm³/mol. The smallest absolute Gasteiger partial charge is 0.407 e. The minimum absolute atomic E-state index is 0.0931. The number of nitrogens with one attached hydrogen (secondary N) is 1. The fourth-order valence-electron chi connectivity index (χ4n) is 2.36. The molecule has 0 saturated carbocycles. The third kappa shape index (κ3) is 1.53. The van der Waals surface area contributed by atoms with Crippen molar-refractivity contribution in [1.82, 2.24) is 5.32 Å². The number of hydrogen-bond acceptors (Lipinski definition) is 3. The fraction of sp³-hybridized carbons (Fsp3) is 0.545. The summed E-state index contributed by atoms with van der Waals surface area (Å²) in [4.78, 5) is 12.5. The Labute approximate surface area is 92.4 Å². The Morgan fingerprint density at radius 1 is 1.40 bits per heavy atom. The van der Waals surface area contributed by atoms with E-state index >= 15 is 0 Å². The van der Waals surface area contributed by atoms with Crippen LogP contribution in [0.3, 0.4) is 0 Å². The Hall–Kier alpha value is -1.03. The van der Waals surface area contributed by atoms with E-state index in [0.717, 1.165) is 0 Å². The summed E-state index contributed by atoms with van der Waals surface area (Å²) in [5, 5.41) is 5.04. The summed E-state index contributed by atoms with van der Waals surface area (Å²) in [6.45, 7) is 0.488. The van der Waals surface area contributed by atoms with Gasteiger partial charge in [0, 0.05) is 4.88 Å². The molecule has 1 saturated heterocycles. The van der Waals surface area contributed by atoms with Crippen LogP contribution in [-0.4, -0.2) is 12.7 Å². The van der Waals surface area contributed by atoms with E-state index in [1.807, 2.05) is 11.3 Å². The minimum atomic E-state index is -0.282. The van der Waals surface area contributed by atoms with Crippen molar-refractivity contribution in [1.29, 1.82) is 0 Å². The number of hydrogen-bond donors (Lipinski definition) is 1. The topological polar surface area (TPSA) is 38.3 Å². The Kier molecular flexibility index (Phi) is 2.16. The molecule has 1 N–H and O–H groups in total. The van der Waals surface area contributed by atoms with Gasteiger partial charge in [-0.1, -0.05) is 0 Å². The van der Waals surface area contributed by atoms with Gasteiger partial charge < -0.3 is 10.1 Å². The molecule has 1 unspecified atom stereocenters. The van der Waals surface area contributed by atoms with Gasteiger partial charge in [-0.25, -0.2) is 4.79 Å². The molecule has 15 heavy (non-hydrogen) atoms. The molecule has 4 heteroatoms. The lowest BCUT2D eigenvalue weighted by Gasteiger charge is -2.14. The molecule has 1 atom stereocenters. The van der Waals surface area contributed by atoms with Crippen LogP contribution in [0.25, 0.3) is 0 Å². The van der Waals surface area contributed by atoms with Gasteiger partial charge in [0.25, 0.3) is 0 Å². The number of fused-ring (bicyclic) bond motifs is 1. The summed E-state index contributed by atoms with van der Waals surface area (Å²) < 4.78 is 4.93. The first-order valence-electron chi connectivity index (χ1n) is 5.37. The Morgan fingerprint density at radius 3 is 3.07 bits per heavy atom. The first-order valence-corrected chi connectivity index (χ1v) is 6.25. The highest BCUT2D eigenvalue weighted by Crippen LogP contribution is 2.34. The second-order valence-corrected chi connectivity index (χ2v) is 5.06. The van der Waals surface area contributed by atoms with Crippen LogP contribution in [0.1, 0.15) is 34.9 Å². The lowest BCUT2D eigenvalue weighted by atomic mass is 9.93. The van der Waals surface area contributed by atoms with Crippen LogP contribution in [0.15, 0.2) is 5.38 Å². The second kappa shape index (κ2) is 3.52. The summed E-state index contributed by atoms with van der Waals surface area (Å²) >= 11 is 1.83. The van der Waals surface area contributed by atoms with Crippen molar-refractivity contribution < 1.29 is 9.53 Å². The molecule has 0 bridgehead atoms. The Morgan fingerprint density at radius 2 is 2.27 bits per heavy atom. The monoisotopic (exact) mass is 223 g/mol. The lowest BCUT2D eigenvalue weighted by Crippen LogP contribution is -2.19. The van der Waals surface area contributed by atoms with E-state index in [-0.39, 0.29) is 12.1 Å². The van der Waals surface area contributed by atoms with Gasteiger partial charge in [0.15, 0.2) is 0 Å². The number of ether oxygens (including phenoxy) is 1. The summed E-state index contributed by atoms with van der Waals surface area (Å²) in [5.41, 5.74) is 2.77. The predicted octanol–water partition coefficient (Wildman–Crippen LogP) is 2.41. The van der Waals surface area contributed by atoms with Gasteiger partial charge in [0.05, 0.1) is 6.04 Å². The van der Waals surface area contributed by atoms with Crippen LogP contribution >= 0.6 is 11.3 Å². The molecule has 0 spiro atoms. The van der Waals surface area contributed by atoms with E-state index < -0.39 is 0 Å². The molecule has 1 aliphatic carbocycles. The van der Waals surface area contributed by atoms with Crippen LogP contribution in [0.2, 0.25) is 0 Å². The highest BCUT2D eigenvalue weighted by molar-refractivity contribution is 7.10. The van der Waals surface area contributed by atoms with Crippen molar-refractivity contribution >= 4 is 17.4 Å². The number of alkyl carbamates (subject to hydrolysis) is 1. The van der Waals surface area contributed by atoms with E-state index in [1.54, 1.807) is 0 Å². The number of carbonyl (C=O) groups excluding carboxylic acids is 1. The van der Waals surface area contributed by atoms with Crippen molar-refractivity contribution in [2.75, 3.05) is 6.61 Å². The van der Waals surface area contributed by atoms with Crippen molar-refractivity contribution in [3.8, 4) is 0 Å². The zero-order chi connectivity index (χ0) is 10.3. The molecule has 1 amide bonds. The highest BCUT2D eigenvalue weighted by Gasteiger charge is 2.28. The minimum Gasteiger partial charge on any atom is -0.447 e. The molecular formula is C11H13NO2S. The molecule has 2 heterocycles. The van der Waals surface area contributed by atoms with Crippen LogP contribution in [0, 0.1) is 0 Å². The van der Waals surface area contributed by atoms with E-state index in [0.29, 0.717) is 6.61 Å². The van der Waals surface area contributed by atoms with E-state index in [2.05, 4.69) is 10.7 Å². The van der Waals surface area contributed by atoms with Crippen molar-refractivity contribution in [3.05, 3.63) is 21.4 Å². The first kappa shape index (κ1) is 9.21. The molecule has 1 aliphatic heterocycles. The average molecular weight is 223 g/mol. The summed E-state index contributed by atoms with van der Waals surface area (Å²) in [6.07, 6.45) is 4.68. The maximum atomic E-state index is 11.0. The maximum Gasteiger partial charge on any atom is 0.407 e. The molecule has 2 aliphatic rings. The highest BCUT2D eigenvalue weighted by atomic mass is 32.1.